The Morgan fingerprint density at radius 2 is 2.31 bits per heavy atom. The van der Waals surface area contributed by atoms with Gasteiger partial charge in [0.2, 0.25) is 0 Å². The van der Waals surface area contributed by atoms with Crippen LogP contribution in [0.5, 0.6) is 0 Å². The molecule has 2 aliphatic heterocycles. The van der Waals surface area contributed by atoms with Gasteiger partial charge in [-0.2, -0.15) is 0 Å². The van der Waals surface area contributed by atoms with Crippen molar-refractivity contribution in [1.29, 1.82) is 0 Å². The van der Waals surface area contributed by atoms with Crippen molar-refractivity contribution in [2.24, 2.45) is 5.92 Å². The number of likely N-dealkylation sites (tertiary alicyclic amines) is 1. The first-order valence-corrected chi connectivity index (χ1v) is 5.43. The lowest BCUT2D eigenvalue weighted by Gasteiger charge is -2.41. The van der Waals surface area contributed by atoms with E-state index in [0.29, 0.717) is 6.10 Å². The fourth-order valence-corrected chi connectivity index (χ4v) is 2.11. The van der Waals surface area contributed by atoms with Crippen molar-refractivity contribution in [2.45, 2.75) is 19.4 Å². The van der Waals surface area contributed by atoms with Crippen LogP contribution in [0, 0.1) is 5.92 Å². The molecular weight excluding hydrogens is 164 g/mol. The van der Waals surface area contributed by atoms with Crippen LogP contribution in [0.2, 0.25) is 0 Å². The molecule has 1 unspecified atom stereocenters. The molecule has 0 aromatic heterocycles. The minimum atomic E-state index is 0.437. The number of hydrogen-bond acceptors (Lipinski definition) is 3. The number of ether oxygens (including phenoxy) is 1. The Hall–Kier alpha value is -0.120. The Balaban J connectivity index is 1.62. The van der Waals surface area contributed by atoms with Crippen LogP contribution in [0.1, 0.15) is 13.3 Å². The van der Waals surface area contributed by atoms with Gasteiger partial charge in [0.1, 0.15) is 0 Å². The van der Waals surface area contributed by atoms with Crippen molar-refractivity contribution in [2.75, 3.05) is 39.3 Å². The summed E-state index contributed by atoms with van der Waals surface area (Å²) in [6.07, 6.45) is 1.77. The van der Waals surface area contributed by atoms with Crippen LogP contribution in [0.3, 0.4) is 0 Å². The van der Waals surface area contributed by atoms with E-state index in [0.717, 1.165) is 32.2 Å². The smallest absolute Gasteiger partial charge is 0.0826 e. The minimum Gasteiger partial charge on any atom is -0.374 e. The second kappa shape index (κ2) is 4.40. The number of hydrogen-bond donors (Lipinski definition) is 1. The number of morpholine rings is 1. The number of nitrogens with zero attached hydrogens (tertiary/aromatic N) is 1. The fourth-order valence-electron chi connectivity index (χ4n) is 2.11. The van der Waals surface area contributed by atoms with Crippen molar-refractivity contribution in [1.82, 2.24) is 10.2 Å². The molecule has 1 N–H and O–H groups in total. The molecule has 0 aliphatic carbocycles. The monoisotopic (exact) mass is 184 g/mol. The molecular formula is C10H20N2O. The number of nitrogens with one attached hydrogen (secondary N) is 1. The Labute approximate surface area is 80.4 Å². The average Bonchev–Trinajstić information content (AvgIpc) is 2.12. The highest BCUT2D eigenvalue weighted by Gasteiger charge is 2.27. The van der Waals surface area contributed by atoms with Gasteiger partial charge in [-0.15, -0.1) is 0 Å². The summed E-state index contributed by atoms with van der Waals surface area (Å²) in [7, 11) is 0. The van der Waals surface area contributed by atoms with Crippen LogP contribution in [-0.4, -0.2) is 50.3 Å². The Morgan fingerprint density at radius 1 is 1.46 bits per heavy atom. The fraction of sp³-hybridized carbons (Fsp3) is 1.00. The molecule has 0 aromatic carbocycles. The van der Waals surface area contributed by atoms with E-state index >= 15 is 0 Å². The molecule has 2 fully saturated rings. The van der Waals surface area contributed by atoms with Gasteiger partial charge in [-0.1, -0.05) is 13.3 Å². The van der Waals surface area contributed by atoms with E-state index in [4.69, 9.17) is 4.74 Å². The van der Waals surface area contributed by atoms with Crippen LogP contribution in [0.25, 0.3) is 0 Å². The van der Waals surface area contributed by atoms with Gasteiger partial charge < -0.3 is 15.0 Å². The van der Waals surface area contributed by atoms with E-state index in [1.807, 2.05) is 0 Å². The molecule has 2 aliphatic rings. The van der Waals surface area contributed by atoms with Gasteiger partial charge in [-0.3, -0.25) is 0 Å². The van der Waals surface area contributed by atoms with Gasteiger partial charge in [0.15, 0.2) is 0 Å². The zero-order valence-electron chi connectivity index (χ0n) is 8.46. The Kier molecular flexibility index (Phi) is 3.19. The quantitative estimate of drug-likeness (QED) is 0.683. The van der Waals surface area contributed by atoms with Crippen LogP contribution in [0.4, 0.5) is 0 Å². The second-order valence-electron chi connectivity index (χ2n) is 4.19. The van der Waals surface area contributed by atoms with E-state index in [2.05, 4.69) is 17.1 Å². The predicted molar refractivity (Wildman–Crippen MR) is 52.8 cm³/mol. The second-order valence-corrected chi connectivity index (χ2v) is 4.19. The molecule has 0 amide bonds. The molecule has 0 bridgehead atoms. The maximum Gasteiger partial charge on any atom is 0.0826 e. The van der Waals surface area contributed by atoms with Crippen LogP contribution in [0.15, 0.2) is 0 Å². The van der Waals surface area contributed by atoms with Crippen molar-refractivity contribution < 1.29 is 4.74 Å². The van der Waals surface area contributed by atoms with Crippen molar-refractivity contribution in [3.8, 4) is 0 Å². The lowest BCUT2D eigenvalue weighted by Crippen LogP contribution is -2.53. The molecule has 76 valence electrons. The highest BCUT2D eigenvalue weighted by molar-refractivity contribution is 4.82. The van der Waals surface area contributed by atoms with E-state index in [1.165, 1.54) is 19.5 Å². The van der Waals surface area contributed by atoms with E-state index in [-0.39, 0.29) is 0 Å². The van der Waals surface area contributed by atoms with Gasteiger partial charge in [0, 0.05) is 32.7 Å². The van der Waals surface area contributed by atoms with Gasteiger partial charge in [0.25, 0.3) is 0 Å². The molecule has 2 rings (SSSR count). The maximum atomic E-state index is 5.65. The summed E-state index contributed by atoms with van der Waals surface area (Å²) in [5.74, 6) is 0.955. The molecule has 13 heavy (non-hydrogen) atoms. The molecule has 0 radical (unpaired) electrons. The third kappa shape index (κ3) is 2.42. The molecule has 0 spiro atoms. The topological polar surface area (TPSA) is 24.5 Å². The third-order valence-electron chi connectivity index (χ3n) is 3.08. The third-order valence-corrected chi connectivity index (χ3v) is 3.08. The first kappa shape index (κ1) is 9.44. The lowest BCUT2D eigenvalue weighted by molar-refractivity contribution is -0.0211. The highest BCUT2D eigenvalue weighted by Crippen LogP contribution is 2.18. The van der Waals surface area contributed by atoms with Crippen LogP contribution < -0.4 is 5.32 Å². The van der Waals surface area contributed by atoms with Crippen molar-refractivity contribution in [3.63, 3.8) is 0 Å². The summed E-state index contributed by atoms with van der Waals surface area (Å²) in [6.45, 7) is 8.92. The molecule has 3 nitrogen and oxygen atoms in total. The Bertz CT molecular complexity index is 151. The molecule has 3 heteroatoms. The molecule has 2 saturated heterocycles. The minimum absolute atomic E-state index is 0.437. The number of rotatable bonds is 3. The first-order valence-electron chi connectivity index (χ1n) is 5.43. The lowest BCUT2D eigenvalue weighted by atomic mass is 9.97. The molecule has 0 aromatic rings. The first-order chi connectivity index (χ1) is 6.38. The van der Waals surface area contributed by atoms with Gasteiger partial charge in [-0.05, 0) is 5.92 Å². The van der Waals surface area contributed by atoms with Crippen LogP contribution >= 0.6 is 0 Å². The zero-order valence-corrected chi connectivity index (χ0v) is 8.46. The molecule has 1 atom stereocenters. The van der Waals surface area contributed by atoms with E-state index < -0.39 is 0 Å². The molecule has 2 heterocycles. The summed E-state index contributed by atoms with van der Waals surface area (Å²) in [6, 6.07) is 0. The van der Waals surface area contributed by atoms with Gasteiger partial charge in [0.05, 0.1) is 12.7 Å². The summed E-state index contributed by atoms with van der Waals surface area (Å²) >= 11 is 0. The molecule has 0 saturated carbocycles. The standard InChI is InChI=1S/C10H20N2O/c1-2-9-6-12(7-9)8-10-5-11-3-4-13-10/h9-11H,2-8H2,1H3. The highest BCUT2D eigenvalue weighted by atomic mass is 16.5. The van der Waals surface area contributed by atoms with Gasteiger partial charge in [-0.25, -0.2) is 0 Å². The summed E-state index contributed by atoms with van der Waals surface area (Å²) < 4.78 is 5.65. The normalized spacial score (nSPS) is 31.6. The summed E-state index contributed by atoms with van der Waals surface area (Å²) in [4.78, 5) is 2.51. The van der Waals surface area contributed by atoms with Crippen molar-refractivity contribution in [3.05, 3.63) is 0 Å². The average molecular weight is 184 g/mol. The summed E-state index contributed by atoms with van der Waals surface area (Å²) in [5.41, 5.74) is 0. The predicted octanol–water partition coefficient (Wildman–Crippen LogP) is 0.317. The maximum absolute atomic E-state index is 5.65. The summed E-state index contributed by atoms with van der Waals surface area (Å²) in [5, 5.41) is 3.36. The van der Waals surface area contributed by atoms with Crippen molar-refractivity contribution >= 4 is 0 Å². The van der Waals surface area contributed by atoms with Gasteiger partial charge >= 0.3 is 0 Å². The van der Waals surface area contributed by atoms with Crippen LogP contribution in [-0.2, 0) is 4.74 Å². The zero-order chi connectivity index (χ0) is 9.10. The SMILES string of the molecule is CCC1CN(CC2CNCCO2)C1. The Morgan fingerprint density at radius 3 is 2.92 bits per heavy atom. The van der Waals surface area contributed by atoms with E-state index in [9.17, 15) is 0 Å². The largest absolute Gasteiger partial charge is 0.374 e. The van der Waals surface area contributed by atoms with E-state index in [1.54, 1.807) is 0 Å².